The monoisotopic (exact) mass is 346 g/mol. The Morgan fingerprint density at radius 3 is 2.72 bits per heavy atom. The second-order valence-corrected chi connectivity index (χ2v) is 5.01. The number of rotatable bonds is 6. The van der Waals surface area contributed by atoms with Crippen molar-refractivity contribution in [3.8, 4) is 5.75 Å². The number of fused-ring (bicyclic) bond motifs is 1. The lowest BCUT2D eigenvalue weighted by Crippen LogP contribution is -2.06. The van der Waals surface area contributed by atoms with Crippen LogP contribution in [-0.4, -0.2) is 21.5 Å². The number of alkyl halides is 2. The van der Waals surface area contributed by atoms with Crippen LogP contribution in [-0.2, 0) is 6.54 Å². The SMILES string of the molecule is O=[N+]([O-])c1c(NCc2ccc(OC(F)F)cn2)ccc2ncccc12. The lowest BCUT2D eigenvalue weighted by molar-refractivity contribution is -0.382. The van der Waals surface area contributed by atoms with Gasteiger partial charge in [-0.2, -0.15) is 8.78 Å². The minimum absolute atomic E-state index is 0.0542. The average Bonchev–Trinajstić information content (AvgIpc) is 2.60. The van der Waals surface area contributed by atoms with Gasteiger partial charge in [-0.15, -0.1) is 0 Å². The first-order valence-corrected chi connectivity index (χ1v) is 7.20. The van der Waals surface area contributed by atoms with E-state index in [1.807, 2.05) is 0 Å². The number of anilines is 1. The van der Waals surface area contributed by atoms with E-state index in [0.29, 0.717) is 22.3 Å². The summed E-state index contributed by atoms with van der Waals surface area (Å²) >= 11 is 0. The second-order valence-electron chi connectivity index (χ2n) is 5.01. The molecule has 3 aromatic rings. The zero-order valence-electron chi connectivity index (χ0n) is 12.7. The van der Waals surface area contributed by atoms with E-state index in [9.17, 15) is 18.9 Å². The van der Waals surface area contributed by atoms with E-state index in [4.69, 9.17) is 0 Å². The van der Waals surface area contributed by atoms with Gasteiger partial charge in [-0.1, -0.05) is 0 Å². The first-order chi connectivity index (χ1) is 12.0. The summed E-state index contributed by atoms with van der Waals surface area (Å²) in [6.07, 6.45) is 2.73. The molecule has 0 radical (unpaired) electrons. The molecule has 1 N–H and O–H groups in total. The van der Waals surface area contributed by atoms with Crippen molar-refractivity contribution in [3.05, 3.63) is 64.6 Å². The average molecular weight is 346 g/mol. The Bertz CT molecular complexity index is 904. The van der Waals surface area contributed by atoms with Gasteiger partial charge in [0, 0.05) is 6.20 Å². The van der Waals surface area contributed by atoms with Crippen LogP contribution in [0.3, 0.4) is 0 Å². The molecule has 2 aromatic heterocycles. The molecule has 0 bridgehead atoms. The molecule has 2 heterocycles. The molecule has 0 atom stereocenters. The molecule has 0 fully saturated rings. The third kappa shape index (κ3) is 3.77. The van der Waals surface area contributed by atoms with Crippen LogP contribution in [0.25, 0.3) is 10.9 Å². The van der Waals surface area contributed by atoms with Gasteiger partial charge in [0.15, 0.2) is 0 Å². The summed E-state index contributed by atoms with van der Waals surface area (Å²) < 4.78 is 28.4. The van der Waals surface area contributed by atoms with Crippen LogP contribution in [0, 0.1) is 10.1 Å². The molecule has 0 amide bonds. The van der Waals surface area contributed by atoms with Crippen LogP contribution in [0.2, 0.25) is 0 Å². The van der Waals surface area contributed by atoms with Gasteiger partial charge >= 0.3 is 12.3 Å². The zero-order chi connectivity index (χ0) is 17.8. The molecule has 25 heavy (non-hydrogen) atoms. The summed E-state index contributed by atoms with van der Waals surface area (Å²) in [7, 11) is 0. The topological polar surface area (TPSA) is 90.2 Å². The van der Waals surface area contributed by atoms with Crippen molar-refractivity contribution < 1.29 is 18.4 Å². The normalized spacial score (nSPS) is 10.8. The van der Waals surface area contributed by atoms with Gasteiger partial charge < -0.3 is 10.1 Å². The van der Waals surface area contributed by atoms with E-state index in [1.54, 1.807) is 30.5 Å². The Hall–Kier alpha value is -3.36. The van der Waals surface area contributed by atoms with Crippen molar-refractivity contribution in [1.82, 2.24) is 9.97 Å². The van der Waals surface area contributed by atoms with Gasteiger partial charge in [-0.25, -0.2) is 0 Å². The fourth-order valence-electron chi connectivity index (χ4n) is 2.35. The molecule has 0 aliphatic carbocycles. The highest BCUT2D eigenvalue weighted by Crippen LogP contribution is 2.32. The number of aromatic nitrogens is 2. The quantitative estimate of drug-likeness (QED) is 0.540. The fourth-order valence-corrected chi connectivity index (χ4v) is 2.35. The molecule has 9 heteroatoms. The van der Waals surface area contributed by atoms with E-state index in [2.05, 4.69) is 20.0 Å². The van der Waals surface area contributed by atoms with Crippen LogP contribution in [0.5, 0.6) is 5.75 Å². The number of benzene rings is 1. The number of hydrogen-bond donors (Lipinski definition) is 1. The molecule has 0 unspecified atom stereocenters. The Morgan fingerprint density at radius 2 is 2.04 bits per heavy atom. The predicted molar refractivity (Wildman–Crippen MR) is 86.6 cm³/mol. The van der Waals surface area contributed by atoms with Crippen molar-refractivity contribution in [3.63, 3.8) is 0 Å². The summed E-state index contributed by atoms with van der Waals surface area (Å²) in [5, 5.41) is 14.8. The number of pyridine rings is 2. The molecule has 0 saturated carbocycles. The summed E-state index contributed by atoms with van der Waals surface area (Å²) in [5.41, 5.74) is 1.28. The molecule has 1 aromatic carbocycles. The minimum Gasteiger partial charge on any atom is -0.433 e. The summed E-state index contributed by atoms with van der Waals surface area (Å²) in [6, 6.07) is 9.36. The Balaban J connectivity index is 1.81. The summed E-state index contributed by atoms with van der Waals surface area (Å²) in [6.45, 7) is -2.73. The standard InChI is InChI=1S/C16H12F2N4O3/c17-16(18)25-11-4-3-10(20-9-11)8-21-14-6-5-13-12(2-1-7-19-13)15(14)22(23)24/h1-7,9,16,21H,8H2. The fraction of sp³-hybridized carbons (Fsp3) is 0.125. The Morgan fingerprint density at radius 1 is 1.20 bits per heavy atom. The van der Waals surface area contributed by atoms with E-state index in [0.717, 1.165) is 0 Å². The highest BCUT2D eigenvalue weighted by atomic mass is 19.3. The van der Waals surface area contributed by atoms with Gasteiger partial charge in [0.05, 0.1) is 34.3 Å². The summed E-state index contributed by atoms with van der Waals surface area (Å²) in [5.74, 6) is -0.0542. The maximum Gasteiger partial charge on any atom is 0.387 e. The molecule has 0 saturated heterocycles. The Labute approximate surface area is 140 Å². The zero-order valence-corrected chi connectivity index (χ0v) is 12.7. The van der Waals surface area contributed by atoms with Crippen LogP contribution < -0.4 is 10.1 Å². The molecular formula is C16H12F2N4O3. The smallest absolute Gasteiger partial charge is 0.387 e. The largest absolute Gasteiger partial charge is 0.433 e. The van der Waals surface area contributed by atoms with Crippen molar-refractivity contribution in [2.45, 2.75) is 13.2 Å². The van der Waals surface area contributed by atoms with Crippen LogP contribution in [0.4, 0.5) is 20.2 Å². The minimum atomic E-state index is -2.92. The number of nitro benzene ring substituents is 1. The van der Waals surface area contributed by atoms with Crippen LogP contribution in [0.1, 0.15) is 5.69 Å². The van der Waals surface area contributed by atoms with Crippen molar-refractivity contribution in [2.24, 2.45) is 0 Å². The molecule has 0 aliphatic heterocycles. The molecule has 0 aliphatic rings. The lowest BCUT2D eigenvalue weighted by Gasteiger charge is -2.09. The first kappa shape index (κ1) is 16.5. The van der Waals surface area contributed by atoms with Gasteiger partial charge in [0.25, 0.3) is 0 Å². The molecule has 0 spiro atoms. The van der Waals surface area contributed by atoms with E-state index < -0.39 is 11.5 Å². The highest BCUT2D eigenvalue weighted by Gasteiger charge is 2.18. The van der Waals surface area contributed by atoms with E-state index in [-0.39, 0.29) is 18.0 Å². The van der Waals surface area contributed by atoms with Gasteiger partial charge in [-0.05, 0) is 36.4 Å². The molecule has 7 nitrogen and oxygen atoms in total. The lowest BCUT2D eigenvalue weighted by atomic mass is 10.1. The highest BCUT2D eigenvalue weighted by molar-refractivity contribution is 5.94. The van der Waals surface area contributed by atoms with E-state index >= 15 is 0 Å². The number of nitrogens with one attached hydrogen (secondary N) is 1. The van der Waals surface area contributed by atoms with Crippen LogP contribution in [0.15, 0.2) is 48.8 Å². The second kappa shape index (κ2) is 7.04. The Kier molecular flexibility index (Phi) is 4.64. The van der Waals surface area contributed by atoms with Gasteiger partial charge in [-0.3, -0.25) is 20.1 Å². The third-order valence-electron chi connectivity index (χ3n) is 3.42. The number of nitro groups is 1. The number of ether oxygens (including phenoxy) is 1. The molecular weight excluding hydrogens is 334 g/mol. The van der Waals surface area contributed by atoms with Crippen LogP contribution >= 0.6 is 0 Å². The number of halogens is 2. The van der Waals surface area contributed by atoms with Gasteiger partial charge in [0.1, 0.15) is 11.4 Å². The third-order valence-corrected chi connectivity index (χ3v) is 3.42. The van der Waals surface area contributed by atoms with Crippen molar-refractivity contribution >= 4 is 22.3 Å². The van der Waals surface area contributed by atoms with Crippen molar-refractivity contribution in [1.29, 1.82) is 0 Å². The number of nitrogens with zero attached hydrogens (tertiary/aromatic N) is 3. The first-order valence-electron chi connectivity index (χ1n) is 7.20. The van der Waals surface area contributed by atoms with Gasteiger partial charge in [0.2, 0.25) is 0 Å². The number of hydrogen-bond acceptors (Lipinski definition) is 6. The molecule has 128 valence electrons. The summed E-state index contributed by atoms with van der Waals surface area (Å²) in [4.78, 5) is 19.0. The maximum absolute atomic E-state index is 12.1. The predicted octanol–water partition coefficient (Wildman–Crippen LogP) is 3.75. The molecule has 3 rings (SSSR count). The van der Waals surface area contributed by atoms with E-state index in [1.165, 1.54) is 18.3 Å². The maximum atomic E-state index is 12.1. The van der Waals surface area contributed by atoms with Crippen molar-refractivity contribution in [2.75, 3.05) is 5.32 Å².